The first-order valence-electron chi connectivity index (χ1n) is 7.59. The Balaban J connectivity index is 1.86. The summed E-state index contributed by atoms with van der Waals surface area (Å²) in [5, 5.41) is 0. The molecule has 0 heterocycles. The minimum absolute atomic E-state index is 0.0250. The van der Waals surface area contributed by atoms with Gasteiger partial charge >= 0.3 is 0 Å². The van der Waals surface area contributed by atoms with Crippen LogP contribution in [0.5, 0.6) is 5.75 Å². The lowest BCUT2D eigenvalue weighted by Crippen LogP contribution is -2.32. The molecule has 0 aliphatic carbocycles. The van der Waals surface area contributed by atoms with Crippen LogP contribution in [0.25, 0.3) is 0 Å². The zero-order valence-corrected chi connectivity index (χ0v) is 13.0. The summed E-state index contributed by atoms with van der Waals surface area (Å²) in [6.07, 6.45) is 2.02. The lowest BCUT2D eigenvalue weighted by Gasteiger charge is -2.28. The van der Waals surface area contributed by atoms with E-state index in [1.54, 1.807) is 0 Å². The van der Waals surface area contributed by atoms with Crippen LogP contribution in [0, 0.1) is 6.92 Å². The number of benzene rings is 2. The molecule has 2 aromatic carbocycles. The summed E-state index contributed by atoms with van der Waals surface area (Å²) in [7, 11) is 0. The van der Waals surface area contributed by atoms with Gasteiger partial charge in [0.15, 0.2) is 0 Å². The molecule has 0 radical (unpaired) electrons. The van der Waals surface area contributed by atoms with Gasteiger partial charge in [-0.25, -0.2) is 0 Å². The van der Waals surface area contributed by atoms with Crippen LogP contribution in [0.4, 0.5) is 0 Å². The predicted octanol–water partition coefficient (Wildman–Crippen LogP) is 4.07. The Kier molecular flexibility index (Phi) is 5.40. The van der Waals surface area contributed by atoms with E-state index in [1.807, 2.05) is 18.2 Å². The highest BCUT2D eigenvalue weighted by Crippen LogP contribution is 2.27. The standard InChI is InChI=1S/C19H25NO/c1-16-8-6-11-18(14-16)21-13-7-12-19(2,15-20)17-9-4-3-5-10-17/h3-6,8-11,14H,7,12-13,15,20H2,1-2H3. The monoisotopic (exact) mass is 283 g/mol. The molecule has 0 saturated heterocycles. The van der Waals surface area contributed by atoms with Crippen LogP contribution in [0.15, 0.2) is 54.6 Å². The van der Waals surface area contributed by atoms with Gasteiger partial charge in [0, 0.05) is 12.0 Å². The van der Waals surface area contributed by atoms with Crippen molar-refractivity contribution in [2.75, 3.05) is 13.2 Å². The van der Waals surface area contributed by atoms with Gasteiger partial charge in [-0.2, -0.15) is 0 Å². The number of ether oxygens (including phenoxy) is 1. The predicted molar refractivity (Wildman–Crippen MR) is 88.8 cm³/mol. The number of hydrogen-bond acceptors (Lipinski definition) is 2. The van der Waals surface area contributed by atoms with E-state index in [2.05, 4.69) is 50.2 Å². The second kappa shape index (κ2) is 7.28. The van der Waals surface area contributed by atoms with Crippen molar-refractivity contribution in [1.82, 2.24) is 0 Å². The molecule has 0 saturated carbocycles. The summed E-state index contributed by atoms with van der Waals surface area (Å²) in [5.41, 5.74) is 8.57. The van der Waals surface area contributed by atoms with Gasteiger partial charge in [0.05, 0.1) is 6.61 Å². The molecule has 0 aliphatic rings. The van der Waals surface area contributed by atoms with Crippen LogP contribution in [0.1, 0.15) is 30.9 Å². The smallest absolute Gasteiger partial charge is 0.119 e. The Morgan fingerprint density at radius 2 is 1.81 bits per heavy atom. The number of rotatable bonds is 7. The van der Waals surface area contributed by atoms with E-state index in [1.165, 1.54) is 11.1 Å². The molecule has 0 bridgehead atoms. The van der Waals surface area contributed by atoms with Crippen molar-refractivity contribution in [1.29, 1.82) is 0 Å². The van der Waals surface area contributed by atoms with Gasteiger partial charge in [-0.05, 0) is 43.0 Å². The Bertz CT molecular complexity index is 553. The quantitative estimate of drug-likeness (QED) is 0.777. The van der Waals surface area contributed by atoms with Crippen LogP contribution in [-0.2, 0) is 5.41 Å². The molecule has 0 fully saturated rings. The van der Waals surface area contributed by atoms with Crippen molar-refractivity contribution in [2.45, 2.75) is 32.1 Å². The third kappa shape index (κ3) is 4.33. The van der Waals surface area contributed by atoms with Crippen molar-refractivity contribution in [2.24, 2.45) is 5.73 Å². The third-order valence-corrected chi connectivity index (χ3v) is 4.05. The van der Waals surface area contributed by atoms with Crippen LogP contribution in [0.3, 0.4) is 0 Å². The molecule has 2 rings (SSSR count). The van der Waals surface area contributed by atoms with Gasteiger partial charge in [-0.1, -0.05) is 49.4 Å². The van der Waals surface area contributed by atoms with Crippen molar-refractivity contribution < 1.29 is 4.74 Å². The molecule has 0 spiro atoms. The van der Waals surface area contributed by atoms with Crippen molar-refractivity contribution >= 4 is 0 Å². The summed E-state index contributed by atoms with van der Waals surface area (Å²) in [6.45, 7) is 5.69. The molecule has 1 unspecified atom stereocenters. The average Bonchev–Trinajstić information content (AvgIpc) is 2.52. The largest absolute Gasteiger partial charge is 0.494 e. The summed E-state index contributed by atoms with van der Waals surface area (Å²) in [4.78, 5) is 0. The van der Waals surface area contributed by atoms with Crippen LogP contribution in [0.2, 0.25) is 0 Å². The fourth-order valence-corrected chi connectivity index (χ4v) is 2.56. The first-order valence-corrected chi connectivity index (χ1v) is 7.59. The molecule has 2 N–H and O–H groups in total. The normalized spacial score (nSPS) is 13.7. The van der Waals surface area contributed by atoms with E-state index in [4.69, 9.17) is 10.5 Å². The molecule has 112 valence electrons. The molecule has 2 heteroatoms. The van der Waals surface area contributed by atoms with Gasteiger partial charge in [-0.3, -0.25) is 0 Å². The van der Waals surface area contributed by atoms with Crippen molar-refractivity contribution in [3.63, 3.8) is 0 Å². The molecule has 0 aromatic heterocycles. The molecule has 2 nitrogen and oxygen atoms in total. The lowest BCUT2D eigenvalue weighted by molar-refractivity contribution is 0.285. The highest BCUT2D eigenvalue weighted by Gasteiger charge is 2.24. The van der Waals surface area contributed by atoms with E-state index < -0.39 is 0 Å². The van der Waals surface area contributed by atoms with Gasteiger partial charge in [-0.15, -0.1) is 0 Å². The van der Waals surface area contributed by atoms with E-state index in [0.717, 1.165) is 25.2 Å². The minimum Gasteiger partial charge on any atom is -0.494 e. The van der Waals surface area contributed by atoms with Crippen LogP contribution < -0.4 is 10.5 Å². The Labute approximate surface area is 127 Å². The molecule has 0 amide bonds. The maximum atomic E-state index is 6.01. The van der Waals surface area contributed by atoms with E-state index in [0.29, 0.717) is 6.54 Å². The Morgan fingerprint density at radius 1 is 1.05 bits per heavy atom. The molecule has 21 heavy (non-hydrogen) atoms. The van der Waals surface area contributed by atoms with Gasteiger partial charge in [0.1, 0.15) is 5.75 Å². The maximum absolute atomic E-state index is 6.01. The second-order valence-corrected chi connectivity index (χ2v) is 5.90. The second-order valence-electron chi connectivity index (χ2n) is 5.90. The minimum atomic E-state index is 0.0250. The molecular formula is C19H25NO. The fourth-order valence-electron chi connectivity index (χ4n) is 2.56. The molecule has 0 aliphatic heterocycles. The highest BCUT2D eigenvalue weighted by molar-refractivity contribution is 5.27. The van der Waals surface area contributed by atoms with E-state index >= 15 is 0 Å². The summed E-state index contributed by atoms with van der Waals surface area (Å²) < 4.78 is 5.82. The average molecular weight is 283 g/mol. The van der Waals surface area contributed by atoms with Crippen molar-refractivity contribution in [3.05, 3.63) is 65.7 Å². The number of hydrogen-bond donors (Lipinski definition) is 1. The molecule has 1 atom stereocenters. The lowest BCUT2D eigenvalue weighted by atomic mass is 9.79. The van der Waals surface area contributed by atoms with E-state index in [-0.39, 0.29) is 5.41 Å². The summed E-state index contributed by atoms with van der Waals surface area (Å²) >= 11 is 0. The van der Waals surface area contributed by atoms with Gasteiger partial charge in [0.2, 0.25) is 0 Å². The van der Waals surface area contributed by atoms with Crippen LogP contribution in [-0.4, -0.2) is 13.2 Å². The number of aryl methyl sites for hydroxylation is 1. The first kappa shape index (κ1) is 15.6. The fraction of sp³-hybridized carbons (Fsp3) is 0.368. The maximum Gasteiger partial charge on any atom is 0.119 e. The zero-order chi connectivity index (χ0) is 15.1. The van der Waals surface area contributed by atoms with Crippen LogP contribution >= 0.6 is 0 Å². The SMILES string of the molecule is Cc1cccc(OCCCC(C)(CN)c2ccccc2)c1. The first-order chi connectivity index (χ1) is 10.1. The number of nitrogens with two attached hydrogens (primary N) is 1. The Hall–Kier alpha value is -1.80. The highest BCUT2D eigenvalue weighted by atomic mass is 16.5. The van der Waals surface area contributed by atoms with E-state index in [9.17, 15) is 0 Å². The zero-order valence-electron chi connectivity index (χ0n) is 13.0. The summed E-state index contributed by atoms with van der Waals surface area (Å²) in [5.74, 6) is 0.948. The molecular weight excluding hydrogens is 258 g/mol. The van der Waals surface area contributed by atoms with Crippen molar-refractivity contribution in [3.8, 4) is 5.75 Å². The van der Waals surface area contributed by atoms with Gasteiger partial charge < -0.3 is 10.5 Å². The topological polar surface area (TPSA) is 35.2 Å². The third-order valence-electron chi connectivity index (χ3n) is 4.05. The molecule has 2 aromatic rings. The summed E-state index contributed by atoms with van der Waals surface area (Å²) in [6, 6.07) is 18.7. The Morgan fingerprint density at radius 3 is 2.48 bits per heavy atom. The van der Waals surface area contributed by atoms with Gasteiger partial charge in [0.25, 0.3) is 0 Å².